The second-order valence-electron chi connectivity index (χ2n) is 10.5. The summed E-state index contributed by atoms with van der Waals surface area (Å²) in [6.07, 6.45) is 1.82. The van der Waals surface area contributed by atoms with E-state index in [4.69, 9.17) is 23.9 Å². The fraction of sp³-hybridized carbons (Fsp3) is 0.194. The number of ether oxygens (including phenoxy) is 4. The average Bonchev–Trinajstić information content (AvgIpc) is 3.36. The molecule has 10 heteroatoms. The smallest absolute Gasteiger partial charge is 0.338 e. The normalized spacial score (nSPS) is 14.5. The average molecular weight is 747 g/mol. The monoisotopic (exact) mass is 746 g/mol. The maximum atomic E-state index is 14.3. The van der Waals surface area contributed by atoms with Crippen LogP contribution in [-0.4, -0.2) is 31.4 Å². The maximum Gasteiger partial charge on any atom is 0.338 e. The van der Waals surface area contributed by atoms with E-state index in [9.17, 15) is 9.59 Å². The molecule has 0 N–H and O–H groups in total. The minimum absolute atomic E-state index is 0.185. The molecule has 0 aliphatic carbocycles. The zero-order chi connectivity index (χ0) is 32.4. The van der Waals surface area contributed by atoms with Crippen LogP contribution in [0.25, 0.3) is 16.8 Å². The molecular weight excluding hydrogens is 715 g/mol. The third-order valence-corrected chi connectivity index (χ3v) is 9.50. The maximum absolute atomic E-state index is 14.3. The van der Waals surface area contributed by atoms with Gasteiger partial charge in [-0.3, -0.25) is 9.36 Å². The largest absolute Gasteiger partial charge is 0.496 e. The van der Waals surface area contributed by atoms with Gasteiger partial charge in [0.2, 0.25) is 0 Å². The summed E-state index contributed by atoms with van der Waals surface area (Å²) >= 11 is 3.48. The topological polar surface area (TPSA) is 88.4 Å². The zero-order valence-corrected chi connectivity index (χ0v) is 28.7. The van der Waals surface area contributed by atoms with E-state index in [-0.39, 0.29) is 12.2 Å². The summed E-state index contributed by atoms with van der Waals surface area (Å²) in [5.74, 6) is 1.22. The predicted octanol–water partition coefficient (Wildman–Crippen LogP) is 6.15. The van der Waals surface area contributed by atoms with Crippen LogP contribution in [0.1, 0.15) is 36.6 Å². The van der Waals surface area contributed by atoms with Crippen molar-refractivity contribution in [1.82, 2.24) is 4.57 Å². The first-order valence-electron chi connectivity index (χ1n) is 14.6. The number of allylic oxidation sites excluding steroid dienone is 1. The summed E-state index contributed by atoms with van der Waals surface area (Å²) in [5, 5.41) is 1.82. The fourth-order valence-corrected chi connectivity index (χ4v) is 7.47. The van der Waals surface area contributed by atoms with Gasteiger partial charge in [0.15, 0.2) is 16.3 Å². The number of hydrogen-bond donors (Lipinski definition) is 0. The Morgan fingerprint density at radius 2 is 1.74 bits per heavy atom. The van der Waals surface area contributed by atoms with E-state index in [1.165, 1.54) is 11.3 Å². The number of thiazole rings is 1. The van der Waals surface area contributed by atoms with Crippen molar-refractivity contribution in [3.8, 4) is 17.2 Å². The van der Waals surface area contributed by atoms with E-state index in [1.807, 2.05) is 84.9 Å². The van der Waals surface area contributed by atoms with Gasteiger partial charge in [0.1, 0.15) is 18.4 Å². The lowest BCUT2D eigenvalue weighted by molar-refractivity contribution is -0.139. The Bertz CT molecular complexity index is 2170. The summed E-state index contributed by atoms with van der Waals surface area (Å²) in [4.78, 5) is 33.1. The van der Waals surface area contributed by atoms with Gasteiger partial charge in [-0.15, -0.1) is 0 Å². The Hall–Kier alpha value is -4.42. The summed E-state index contributed by atoms with van der Waals surface area (Å²) in [6, 6.07) is 24.6. The van der Waals surface area contributed by atoms with Gasteiger partial charge in [0.25, 0.3) is 5.56 Å². The summed E-state index contributed by atoms with van der Waals surface area (Å²) in [6.45, 7) is 4.11. The van der Waals surface area contributed by atoms with Gasteiger partial charge < -0.3 is 18.9 Å². The molecule has 1 aliphatic rings. The van der Waals surface area contributed by atoms with Crippen LogP contribution in [0.5, 0.6) is 17.2 Å². The van der Waals surface area contributed by atoms with Crippen LogP contribution < -0.4 is 29.1 Å². The minimum atomic E-state index is -0.818. The zero-order valence-electron chi connectivity index (χ0n) is 25.7. The lowest BCUT2D eigenvalue weighted by Gasteiger charge is -2.27. The van der Waals surface area contributed by atoms with Gasteiger partial charge in [-0.25, -0.2) is 9.79 Å². The molecule has 0 unspecified atom stereocenters. The van der Waals surface area contributed by atoms with Crippen molar-refractivity contribution >= 4 is 56.7 Å². The van der Waals surface area contributed by atoms with Gasteiger partial charge in [0.05, 0.1) is 40.2 Å². The van der Waals surface area contributed by atoms with Crippen molar-refractivity contribution in [2.75, 3.05) is 20.8 Å². The number of halogens is 1. The van der Waals surface area contributed by atoms with Gasteiger partial charge >= 0.3 is 5.97 Å². The molecule has 4 aromatic carbocycles. The number of fused-ring (bicyclic) bond motifs is 2. The molecule has 5 aromatic rings. The number of carbonyl (C=O) groups excluding carboxylic acids is 1. The number of aromatic nitrogens is 1. The number of rotatable bonds is 9. The van der Waals surface area contributed by atoms with E-state index in [0.717, 1.165) is 25.5 Å². The highest BCUT2D eigenvalue weighted by atomic mass is 127. The van der Waals surface area contributed by atoms with Crippen LogP contribution in [0.15, 0.2) is 99.9 Å². The number of carbonyl (C=O) groups is 1. The molecule has 1 aromatic heterocycles. The quantitative estimate of drug-likeness (QED) is 0.133. The highest BCUT2D eigenvalue weighted by molar-refractivity contribution is 14.1. The predicted molar refractivity (Wildman–Crippen MR) is 187 cm³/mol. The molecule has 46 heavy (non-hydrogen) atoms. The molecule has 0 fully saturated rings. The van der Waals surface area contributed by atoms with E-state index in [2.05, 4.69) is 22.6 Å². The molecule has 8 nitrogen and oxygen atoms in total. The van der Waals surface area contributed by atoms with Gasteiger partial charge in [-0.2, -0.15) is 0 Å². The second-order valence-corrected chi connectivity index (χ2v) is 12.7. The Labute approximate surface area is 283 Å². The van der Waals surface area contributed by atoms with E-state index in [0.29, 0.717) is 50.0 Å². The molecule has 0 saturated carbocycles. The molecule has 234 valence electrons. The number of nitrogens with zero attached hydrogens (tertiary/aromatic N) is 2. The lowest BCUT2D eigenvalue weighted by Crippen LogP contribution is -2.40. The Balaban J connectivity index is 1.51. The third-order valence-electron chi connectivity index (χ3n) is 7.72. The van der Waals surface area contributed by atoms with Crippen molar-refractivity contribution in [2.45, 2.75) is 26.5 Å². The highest BCUT2D eigenvalue weighted by Gasteiger charge is 2.36. The van der Waals surface area contributed by atoms with E-state index < -0.39 is 12.0 Å². The third kappa shape index (κ3) is 5.94. The van der Waals surface area contributed by atoms with E-state index >= 15 is 0 Å². The molecule has 1 atom stereocenters. The Morgan fingerprint density at radius 1 is 1.00 bits per heavy atom. The number of esters is 1. The van der Waals surface area contributed by atoms with Gasteiger partial charge in [-0.1, -0.05) is 72.0 Å². The first kappa shape index (κ1) is 31.6. The summed E-state index contributed by atoms with van der Waals surface area (Å²) < 4.78 is 26.1. The number of hydrogen-bond acceptors (Lipinski definition) is 8. The molecular formula is C36H31IN2O6S. The molecule has 2 heterocycles. The molecule has 6 rings (SSSR count). The van der Waals surface area contributed by atoms with Crippen LogP contribution in [0.2, 0.25) is 0 Å². The molecule has 0 radical (unpaired) electrons. The first-order valence-corrected chi connectivity index (χ1v) is 16.5. The van der Waals surface area contributed by atoms with Crippen LogP contribution >= 0.6 is 33.9 Å². The van der Waals surface area contributed by atoms with Gasteiger partial charge in [-0.05, 0) is 82.6 Å². The van der Waals surface area contributed by atoms with Crippen molar-refractivity contribution in [2.24, 2.45) is 4.99 Å². The Kier molecular flexibility index (Phi) is 9.27. The lowest BCUT2D eigenvalue weighted by atomic mass is 9.90. The van der Waals surface area contributed by atoms with Crippen molar-refractivity contribution in [3.05, 3.63) is 130 Å². The molecule has 0 spiro atoms. The molecule has 0 amide bonds. The molecule has 1 aliphatic heterocycles. The number of benzene rings is 4. The highest BCUT2D eigenvalue weighted by Crippen LogP contribution is 2.40. The standard InChI is InChI=1S/C36H31IN2O6S/c1-5-44-35(41)30-21(2)38-36-39(32(30)31-25-14-10-9-13-24(25)15-16-27(31)42-3)34(40)29(46-36)19-23-17-26(37)33(28(18-23)43-4)45-20-22-11-7-6-8-12-22/h6-19,32H,5,20H2,1-4H3/b29-19-/t32-/m1/s1. The molecule has 0 saturated heterocycles. The van der Waals surface area contributed by atoms with Crippen molar-refractivity contribution < 1.29 is 23.7 Å². The van der Waals surface area contributed by atoms with Crippen LogP contribution in [0.3, 0.4) is 0 Å². The first-order chi connectivity index (χ1) is 22.3. The van der Waals surface area contributed by atoms with Crippen LogP contribution in [-0.2, 0) is 16.1 Å². The Morgan fingerprint density at radius 3 is 2.48 bits per heavy atom. The van der Waals surface area contributed by atoms with E-state index in [1.54, 1.807) is 32.6 Å². The van der Waals surface area contributed by atoms with Gasteiger partial charge in [0, 0.05) is 5.56 Å². The number of methoxy groups -OCH3 is 2. The SMILES string of the molecule is CCOC(=O)C1=C(C)N=c2s/c(=C\c3cc(I)c(OCc4ccccc4)c(OC)c3)c(=O)n2[C@H]1c1c(OC)ccc2ccccc12. The van der Waals surface area contributed by atoms with Crippen molar-refractivity contribution in [1.29, 1.82) is 0 Å². The molecule has 0 bridgehead atoms. The van der Waals surface area contributed by atoms with Crippen LogP contribution in [0.4, 0.5) is 0 Å². The second kappa shape index (κ2) is 13.5. The minimum Gasteiger partial charge on any atom is -0.496 e. The van der Waals surface area contributed by atoms with Crippen LogP contribution in [0, 0.1) is 3.57 Å². The summed E-state index contributed by atoms with van der Waals surface area (Å²) in [5.41, 5.74) is 3.01. The summed E-state index contributed by atoms with van der Waals surface area (Å²) in [7, 11) is 3.18. The fourth-order valence-electron chi connectivity index (χ4n) is 5.64. The van der Waals surface area contributed by atoms with Crippen molar-refractivity contribution in [3.63, 3.8) is 0 Å².